The quantitative estimate of drug-likeness (QED) is 0.829. The molecule has 1 aromatic carbocycles. The van der Waals surface area contributed by atoms with Crippen LogP contribution in [0.4, 0.5) is 4.39 Å². The summed E-state index contributed by atoms with van der Waals surface area (Å²) in [6, 6.07) is 4.47. The molecule has 0 saturated carbocycles. The second-order valence-corrected chi connectivity index (χ2v) is 5.22. The normalized spacial score (nSPS) is 11.6. The minimum absolute atomic E-state index is 0.0475. The van der Waals surface area contributed by atoms with E-state index in [-0.39, 0.29) is 9.92 Å². The van der Waals surface area contributed by atoms with Gasteiger partial charge in [0.2, 0.25) is 0 Å². The van der Waals surface area contributed by atoms with Crippen LogP contribution in [0, 0.1) is 5.82 Å². The van der Waals surface area contributed by atoms with Gasteiger partial charge in [-0.25, -0.2) is 4.39 Å². The number of hydrogen-bond acceptors (Lipinski definition) is 3. The van der Waals surface area contributed by atoms with Crippen molar-refractivity contribution >= 4 is 21.6 Å². The zero-order valence-electron chi connectivity index (χ0n) is 7.84. The molecule has 0 bridgehead atoms. The largest absolute Gasteiger partial charge is 0.282 e. The maximum atomic E-state index is 12.6. The lowest BCUT2D eigenvalue weighted by atomic mass is 10.4. The maximum absolute atomic E-state index is 12.6. The Morgan fingerprint density at radius 2 is 1.88 bits per heavy atom. The fourth-order valence-electron chi connectivity index (χ4n) is 1.13. The van der Waals surface area contributed by atoms with E-state index in [1.807, 2.05) is 0 Å². The fourth-order valence-corrected chi connectivity index (χ4v) is 2.44. The van der Waals surface area contributed by atoms with Crippen molar-refractivity contribution in [3.05, 3.63) is 47.5 Å². The lowest BCUT2D eigenvalue weighted by Gasteiger charge is -2.03. The molecule has 1 aromatic heterocycles. The van der Waals surface area contributed by atoms with Crippen LogP contribution in [0.2, 0.25) is 5.02 Å². The van der Waals surface area contributed by atoms with Crippen LogP contribution in [0.5, 0.6) is 0 Å². The predicted octanol–water partition coefficient (Wildman–Crippen LogP) is 1.91. The molecule has 0 atom stereocenters. The zero-order chi connectivity index (χ0) is 11.8. The van der Waals surface area contributed by atoms with Crippen LogP contribution in [0.25, 0.3) is 0 Å². The lowest BCUT2D eigenvalue weighted by molar-refractivity contribution is 0.579. The van der Waals surface area contributed by atoms with Crippen molar-refractivity contribution in [2.24, 2.45) is 0 Å². The molecule has 2 rings (SSSR count). The van der Waals surface area contributed by atoms with Crippen LogP contribution in [0.1, 0.15) is 0 Å². The van der Waals surface area contributed by atoms with E-state index in [4.69, 9.17) is 11.6 Å². The van der Waals surface area contributed by atoms with E-state index in [9.17, 15) is 12.8 Å². The SMILES string of the molecule is O=S(=O)(c1ccc(F)cc1)n1cc(Cl)cn1. The monoisotopic (exact) mass is 260 g/mol. The number of hydrogen-bond donors (Lipinski definition) is 0. The Balaban J connectivity index is 2.51. The van der Waals surface area contributed by atoms with Crippen molar-refractivity contribution in [1.82, 2.24) is 9.19 Å². The second-order valence-electron chi connectivity index (χ2n) is 2.99. The Kier molecular flexibility index (Phi) is 2.69. The van der Waals surface area contributed by atoms with Gasteiger partial charge in [-0.2, -0.15) is 17.6 Å². The first-order valence-corrected chi connectivity index (χ1v) is 6.03. The van der Waals surface area contributed by atoms with Crippen LogP contribution in [-0.2, 0) is 10.0 Å². The summed E-state index contributed by atoms with van der Waals surface area (Å²) in [6.07, 6.45) is 2.38. The molecule has 0 aliphatic rings. The average molecular weight is 261 g/mol. The van der Waals surface area contributed by atoms with E-state index >= 15 is 0 Å². The second kappa shape index (κ2) is 3.88. The predicted molar refractivity (Wildman–Crippen MR) is 56.2 cm³/mol. The first-order chi connectivity index (χ1) is 7.50. The summed E-state index contributed by atoms with van der Waals surface area (Å²) in [5, 5.41) is 3.80. The number of nitrogens with zero attached hydrogens (tertiary/aromatic N) is 2. The molecular weight excluding hydrogens is 255 g/mol. The van der Waals surface area contributed by atoms with Gasteiger partial charge >= 0.3 is 0 Å². The summed E-state index contributed by atoms with van der Waals surface area (Å²) in [5.74, 6) is -0.502. The van der Waals surface area contributed by atoms with Crippen molar-refractivity contribution < 1.29 is 12.8 Å². The number of rotatable bonds is 2. The molecule has 16 heavy (non-hydrogen) atoms. The van der Waals surface area contributed by atoms with Crippen molar-refractivity contribution in [3.63, 3.8) is 0 Å². The molecule has 4 nitrogen and oxygen atoms in total. The highest BCUT2D eigenvalue weighted by Gasteiger charge is 2.17. The molecule has 0 spiro atoms. The average Bonchev–Trinajstić information content (AvgIpc) is 2.66. The third-order valence-corrected chi connectivity index (χ3v) is 3.64. The molecule has 0 N–H and O–H groups in total. The maximum Gasteiger partial charge on any atom is 0.282 e. The van der Waals surface area contributed by atoms with Gasteiger partial charge in [-0.15, -0.1) is 0 Å². The van der Waals surface area contributed by atoms with E-state index in [0.29, 0.717) is 0 Å². The molecule has 2 aromatic rings. The number of halogens is 2. The van der Waals surface area contributed by atoms with E-state index in [2.05, 4.69) is 5.10 Å². The van der Waals surface area contributed by atoms with Crippen molar-refractivity contribution in [3.8, 4) is 0 Å². The molecule has 0 unspecified atom stereocenters. The van der Waals surface area contributed by atoms with Crippen LogP contribution in [-0.4, -0.2) is 17.6 Å². The van der Waals surface area contributed by atoms with Crippen molar-refractivity contribution in [2.45, 2.75) is 4.90 Å². The minimum Gasteiger partial charge on any atom is -0.207 e. The smallest absolute Gasteiger partial charge is 0.207 e. The first kappa shape index (κ1) is 11.1. The molecule has 0 fully saturated rings. The minimum atomic E-state index is -3.78. The van der Waals surface area contributed by atoms with E-state index < -0.39 is 15.8 Å². The first-order valence-electron chi connectivity index (χ1n) is 4.21. The van der Waals surface area contributed by atoms with Crippen molar-refractivity contribution in [2.75, 3.05) is 0 Å². The Bertz CT molecular complexity index is 607. The Morgan fingerprint density at radius 1 is 1.25 bits per heavy atom. The van der Waals surface area contributed by atoms with Gasteiger partial charge < -0.3 is 0 Å². The summed E-state index contributed by atoms with van der Waals surface area (Å²) in [5.41, 5.74) is 0. The lowest BCUT2D eigenvalue weighted by Crippen LogP contribution is -2.13. The Hall–Kier alpha value is -1.40. The summed E-state index contributed by atoms with van der Waals surface area (Å²) < 4.78 is 37.1. The Morgan fingerprint density at radius 3 is 2.38 bits per heavy atom. The molecule has 84 valence electrons. The third kappa shape index (κ3) is 1.94. The summed E-state index contributed by atoms with van der Waals surface area (Å²) in [4.78, 5) is -0.0475. The number of benzene rings is 1. The topological polar surface area (TPSA) is 52.0 Å². The van der Waals surface area contributed by atoms with Gasteiger partial charge in [0, 0.05) is 0 Å². The Labute approximate surface area is 96.3 Å². The standard InChI is InChI=1S/C9H6ClFN2O2S/c10-7-5-12-13(6-7)16(14,15)9-3-1-8(11)2-4-9/h1-6H. The van der Waals surface area contributed by atoms with Gasteiger partial charge in [-0.1, -0.05) is 11.6 Å². The summed E-state index contributed by atoms with van der Waals surface area (Å²) in [7, 11) is -3.78. The van der Waals surface area contributed by atoms with E-state index in [1.165, 1.54) is 24.5 Å². The van der Waals surface area contributed by atoms with Crippen LogP contribution in [0.3, 0.4) is 0 Å². The van der Waals surface area contributed by atoms with Gasteiger partial charge in [0.1, 0.15) is 5.82 Å². The van der Waals surface area contributed by atoms with Crippen LogP contribution >= 0.6 is 11.6 Å². The molecule has 0 radical (unpaired) electrons. The van der Waals surface area contributed by atoms with Crippen LogP contribution in [0.15, 0.2) is 41.6 Å². The van der Waals surface area contributed by atoms with E-state index in [0.717, 1.165) is 16.2 Å². The van der Waals surface area contributed by atoms with E-state index in [1.54, 1.807) is 0 Å². The van der Waals surface area contributed by atoms with Crippen LogP contribution < -0.4 is 0 Å². The van der Waals surface area contributed by atoms with Gasteiger partial charge in [-0.3, -0.25) is 0 Å². The summed E-state index contributed by atoms with van der Waals surface area (Å²) in [6.45, 7) is 0. The molecule has 0 aliphatic heterocycles. The number of aromatic nitrogens is 2. The van der Waals surface area contributed by atoms with Gasteiger partial charge in [0.25, 0.3) is 10.0 Å². The van der Waals surface area contributed by atoms with Gasteiger partial charge in [0.05, 0.1) is 22.3 Å². The molecule has 7 heteroatoms. The fraction of sp³-hybridized carbons (Fsp3) is 0. The molecule has 1 heterocycles. The molecule has 0 saturated heterocycles. The zero-order valence-corrected chi connectivity index (χ0v) is 9.41. The van der Waals surface area contributed by atoms with Crippen molar-refractivity contribution in [1.29, 1.82) is 0 Å². The summed E-state index contributed by atoms with van der Waals surface area (Å²) >= 11 is 5.57. The highest BCUT2D eigenvalue weighted by atomic mass is 35.5. The molecule has 0 aliphatic carbocycles. The van der Waals surface area contributed by atoms with Gasteiger partial charge in [0.15, 0.2) is 0 Å². The highest BCUT2D eigenvalue weighted by Crippen LogP contribution is 2.15. The highest BCUT2D eigenvalue weighted by molar-refractivity contribution is 7.89. The molecular formula is C9H6ClFN2O2S. The van der Waals surface area contributed by atoms with Gasteiger partial charge in [-0.05, 0) is 24.3 Å². The third-order valence-electron chi connectivity index (χ3n) is 1.89. The molecule has 0 amide bonds.